The number of carboxylic acids is 1. The Morgan fingerprint density at radius 2 is 1.50 bits per heavy atom. The van der Waals surface area contributed by atoms with Crippen LogP contribution >= 0.6 is 0 Å². The van der Waals surface area contributed by atoms with Crippen LogP contribution in [0.15, 0.2) is 54.6 Å². The number of nitrogens with one attached hydrogen (secondary N) is 1. The van der Waals surface area contributed by atoms with Crippen LogP contribution in [0.1, 0.15) is 32.4 Å². The molecule has 0 aromatic heterocycles. The van der Waals surface area contributed by atoms with E-state index in [1.54, 1.807) is 45.0 Å². The summed E-state index contributed by atoms with van der Waals surface area (Å²) in [6.07, 6.45) is -2.31. The van der Waals surface area contributed by atoms with E-state index < -0.39 is 29.8 Å². The highest BCUT2D eigenvalue weighted by Crippen LogP contribution is 2.23. The number of carbonyl (C=O) groups excluding carboxylic acids is 1. The SMILES string of the molecule is CC(C)(C)OC(=O)N[C@H](C(=O)O)[C@@H](O)c1ccc(-c2ccccc2)cc1. The van der Waals surface area contributed by atoms with E-state index in [1.807, 2.05) is 30.3 Å². The maximum absolute atomic E-state index is 11.8. The van der Waals surface area contributed by atoms with Crippen LogP contribution in [-0.2, 0) is 9.53 Å². The van der Waals surface area contributed by atoms with Crippen molar-refractivity contribution in [3.63, 3.8) is 0 Å². The number of hydrogen-bond donors (Lipinski definition) is 3. The smallest absolute Gasteiger partial charge is 0.408 e. The second kappa shape index (κ2) is 8.01. The number of aliphatic carboxylic acids is 1. The van der Waals surface area contributed by atoms with Gasteiger partial charge in [-0.2, -0.15) is 0 Å². The summed E-state index contributed by atoms with van der Waals surface area (Å²) in [7, 11) is 0. The Kier molecular flexibility index (Phi) is 6.00. The molecule has 6 heteroatoms. The largest absolute Gasteiger partial charge is 0.480 e. The maximum Gasteiger partial charge on any atom is 0.408 e. The fourth-order valence-electron chi connectivity index (χ4n) is 2.41. The Morgan fingerprint density at radius 1 is 0.962 bits per heavy atom. The minimum Gasteiger partial charge on any atom is -0.480 e. The molecule has 0 heterocycles. The lowest BCUT2D eigenvalue weighted by Crippen LogP contribution is -2.46. The molecule has 0 aliphatic rings. The molecule has 1 amide bonds. The van der Waals surface area contributed by atoms with Crippen molar-refractivity contribution in [1.82, 2.24) is 5.32 Å². The molecule has 6 nitrogen and oxygen atoms in total. The predicted molar refractivity (Wildman–Crippen MR) is 97.6 cm³/mol. The van der Waals surface area contributed by atoms with Gasteiger partial charge in [0, 0.05) is 0 Å². The fourth-order valence-corrected chi connectivity index (χ4v) is 2.41. The number of ether oxygens (including phenoxy) is 1. The van der Waals surface area contributed by atoms with Crippen LogP contribution in [0.4, 0.5) is 4.79 Å². The summed E-state index contributed by atoms with van der Waals surface area (Å²) in [5.41, 5.74) is 1.56. The third-order valence-corrected chi connectivity index (χ3v) is 3.61. The number of hydrogen-bond acceptors (Lipinski definition) is 4. The molecule has 0 radical (unpaired) electrons. The monoisotopic (exact) mass is 357 g/mol. The number of rotatable bonds is 5. The van der Waals surface area contributed by atoms with Crippen LogP contribution in [0.2, 0.25) is 0 Å². The molecule has 2 aromatic carbocycles. The molecule has 2 aromatic rings. The van der Waals surface area contributed by atoms with E-state index in [-0.39, 0.29) is 0 Å². The van der Waals surface area contributed by atoms with Crippen molar-refractivity contribution in [3.8, 4) is 11.1 Å². The van der Waals surface area contributed by atoms with Crippen molar-refractivity contribution in [3.05, 3.63) is 60.2 Å². The van der Waals surface area contributed by atoms with Crippen LogP contribution < -0.4 is 5.32 Å². The van der Waals surface area contributed by atoms with Gasteiger partial charge in [0.15, 0.2) is 6.04 Å². The zero-order valence-corrected chi connectivity index (χ0v) is 15.0. The second-order valence-corrected chi connectivity index (χ2v) is 6.90. The van der Waals surface area contributed by atoms with Gasteiger partial charge in [0.1, 0.15) is 11.7 Å². The van der Waals surface area contributed by atoms with Gasteiger partial charge in [-0.25, -0.2) is 9.59 Å². The molecule has 0 unspecified atom stereocenters. The first-order valence-corrected chi connectivity index (χ1v) is 8.23. The lowest BCUT2D eigenvalue weighted by atomic mass is 9.98. The minimum absolute atomic E-state index is 0.383. The minimum atomic E-state index is -1.52. The zero-order valence-electron chi connectivity index (χ0n) is 15.0. The van der Waals surface area contributed by atoms with Gasteiger partial charge in [0.2, 0.25) is 0 Å². The van der Waals surface area contributed by atoms with Crippen molar-refractivity contribution in [1.29, 1.82) is 0 Å². The molecule has 2 atom stereocenters. The third-order valence-electron chi connectivity index (χ3n) is 3.61. The van der Waals surface area contributed by atoms with Gasteiger partial charge in [-0.15, -0.1) is 0 Å². The Hall–Kier alpha value is -2.86. The van der Waals surface area contributed by atoms with Gasteiger partial charge in [-0.05, 0) is 37.5 Å². The number of alkyl carbamates (subject to hydrolysis) is 1. The first kappa shape index (κ1) is 19.5. The summed E-state index contributed by atoms with van der Waals surface area (Å²) in [5, 5.41) is 22.0. The first-order chi connectivity index (χ1) is 12.2. The van der Waals surface area contributed by atoms with Crippen LogP contribution in [0.3, 0.4) is 0 Å². The van der Waals surface area contributed by atoms with E-state index in [4.69, 9.17) is 4.74 Å². The van der Waals surface area contributed by atoms with Crippen molar-refractivity contribution in [2.75, 3.05) is 0 Å². The van der Waals surface area contributed by atoms with Gasteiger partial charge in [0.25, 0.3) is 0 Å². The van der Waals surface area contributed by atoms with Crippen molar-refractivity contribution in [2.45, 2.75) is 38.5 Å². The highest BCUT2D eigenvalue weighted by molar-refractivity contribution is 5.81. The molecule has 26 heavy (non-hydrogen) atoms. The molecule has 0 aliphatic heterocycles. The molecule has 0 fully saturated rings. The second-order valence-electron chi connectivity index (χ2n) is 6.90. The number of benzene rings is 2. The number of carbonyl (C=O) groups is 2. The molecule has 138 valence electrons. The highest BCUT2D eigenvalue weighted by Gasteiger charge is 2.31. The average molecular weight is 357 g/mol. The lowest BCUT2D eigenvalue weighted by molar-refractivity contribution is -0.142. The molecule has 3 N–H and O–H groups in total. The van der Waals surface area contributed by atoms with E-state index in [9.17, 15) is 19.8 Å². The predicted octanol–water partition coefficient (Wildman–Crippen LogP) is 3.36. The van der Waals surface area contributed by atoms with Crippen LogP contribution in [0, 0.1) is 0 Å². The van der Waals surface area contributed by atoms with Gasteiger partial charge >= 0.3 is 12.1 Å². The van der Waals surface area contributed by atoms with Gasteiger partial charge in [0.05, 0.1) is 0 Å². The fraction of sp³-hybridized carbons (Fsp3) is 0.300. The van der Waals surface area contributed by atoms with E-state index in [0.29, 0.717) is 5.56 Å². The maximum atomic E-state index is 11.8. The number of carboxylic acid groups (broad SMARTS) is 1. The van der Waals surface area contributed by atoms with Gasteiger partial charge in [-0.3, -0.25) is 0 Å². The van der Waals surface area contributed by atoms with Crippen molar-refractivity contribution < 1.29 is 24.5 Å². The molecule has 0 aliphatic carbocycles. The molecule has 0 saturated heterocycles. The summed E-state index contributed by atoms with van der Waals surface area (Å²) in [5.74, 6) is -1.35. The highest BCUT2D eigenvalue weighted by atomic mass is 16.6. The lowest BCUT2D eigenvalue weighted by Gasteiger charge is -2.24. The quantitative estimate of drug-likeness (QED) is 0.762. The van der Waals surface area contributed by atoms with E-state index in [0.717, 1.165) is 11.1 Å². The van der Waals surface area contributed by atoms with Crippen molar-refractivity contribution in [2.24, 2.45) is 0 Å². The van der Waals surface area contributed by atoms with Crippen molar-refractivity contribution >= 4 is 12.1 Å². The normalized spacial score (nSPS) is 13.5. The summed E-state index contributed by atoms with van der Waals surface area (Å²) in [6.45, 7) is 5.00. The van der Waals surface area contributed by atoms with E-state index in [1.165, 1.54) is 0 Å². The molecular weight excluding hydrogens is 334 g/mol. The standard InChI is InChI=1S/C20H23NO5/c1-20(2,3)26-19(25)21-16(18(23)24)17(22)15-11-9-14(10-12-15)13-7-5-4-6-8-13/h4-12,16-17,22H,1-3H3,(H,21,25)(H,23,24)/t16-,17-/m0/s1. The molecule has 0 saturated carbocycles. The van der Waals surface area contributed by atoms with Gasteiger partial charge < -0.3 is 20.3 Å². The Balaban J connectivity index is 2.14. The topological polar surface area (TPSA) is 95.9 Å². The number of amides is 1. The Labute approximate surface area is 152 Å². The Bertz CT molecular complexity index is 750. The zero-order chi connectivity index (χ0) is 19.3. The summed E-state index contributed by atoms with van der Waals surface area (Å²) >= 11 is 0. The van der Waals surface area contributed by atoms with E-state index >= 15 is 0 Å². The van der Waals surface area contributed by atoms with Crippen LogP contribution in [-0.4, -0.2) is 33.9 Å². The summed E-state index contributed by atoms with van der Waals surface area (Å²) in [4.78, 5) is 23.3. The average Bonchev–Trinajstić information content (AvgIpc) is 2.58. The molecule has 0 spiro atoms. The number of aliphatic hydroxyl groups excluding tert-OH is 1. The van der Waals surface area contributed by atoms with Crippen LogP contribution in [0.5, 0.6) is 0 Å². The number of aliphatic hydroxyl groups is 1. The van der Waals surface area contributed by atoms with E-state index in [2.05, 4.69) is 5.32 Å². The van der Waals surface area contributed by atoms with Crippen LogP contribution in [0.25, 0.3) is 11.1 Å². The molecule has 2 rings (SSSR count). The summed E-state index contributed by atoms with van der Waals surface area (Å²) < 4.78 is 5.06. The van der Waals surface area contributed by atoms with Gasteiger partial charge in [-0.1, -0.05) is 54.6 Å². The molecular formula is C20H23NO5. The Morgan fingerprint density at radius 3 is 2.00 bits per heavy atom. The molecule has 0 bridgehead atoms. The first-order valence-electron chi connectivity index (χ1n) is 8.23. The summed E-state index contributed by atoms with van der Waals surface area (Å²) in [6, 6.07) is 15.0. The third kappa shape index (κ3) is 5.32.